The first-order valence-electron chi connectivity index (χ1n) is 9.37. The number of carbonyl (C=O) groups excluding carboxylic acids is 1. The molecule has 0 aromatic carbocycles. The monoisotopic (exact) mass is 399 g/mol. The quantitative estimate of drug-likeness (QED) is 0.513. The molecule has 1 saturated carbocycles. The molecule has 3 heterocycles. The van der Waals surface area contributed by atoms with Crippen LogP contribution >= 0.6 is 0 Å². The standard InChI is InChI=1S/C13H13N7O2.C6H12O/c1-15-10-5-9(18-8-3-2-4-16-13(8)22)19-12-7(11(14)21)6-17-20(10)12;1-7-6-4-2-3-5-6/h2-6,15H,1H3,(H2,14,21)(H,16,22)(H,18,19);6H,2-5H2,1H3. The van der Waals surface area contributed by atoms with E-state index in [0.717, 1.165) is 0 Å². The van der Waals surface area contributed by atoms with Crippen LogP contribution in [0, 0.1) is 0 Å². The summed E-state index contributed by atoms with van der Waals surface area (Å²) >= 11 is 0. The maximum Gasteiger partial charge on any atom is 0.271 e. The highest BCUT2D eigenvalue weighted by atomic mass is 16.5. The third-order valence-corrected chi connectivity index (χ3v) is 4.71. The van der Waals surface area contributed by atoms with Gasteiger partial charge in [0.1, 0.15) is 22.9 Å². The van der Waals surface area contributed by atoms with Crippen molar-refractivity contribution in [3.8, 4) is 0 Å². The zero-order chi connectivity index (χ0) is 20.8. The van der Waals surface area contributed by atoms with Crippen molar-refractivity contribution in [2.45, 2.75) is 31.8 Å². The first-order chi connectivity index (χ1) is 14.0. The van der Waals surface area contributed by atoms with E-state index >= 15 is 0 Å². The predicted octanol–water partition coefficient (Wildman–Crippen LogP) is 1.88. The number of fused-ring (bicyclic) bond motifs is 1. The first kappa shape index (κ1) is 20.3. The van der Waals surface area contributed by atoms with E-state index in [1.165, 1.54) is 42.6 Å². The number of hydrogen-bond donors (Lipinski definition) is 4. The molecule has 10 heteroatoms. The molecule has 29 heavy (non-hydrogen) atoms. The van der Waals surface area contributed by atoms with E-state index in [0.29, 0.717) is 29.1 Å². The summed E-state index contributed by atoms with van der Waals surface area (Å²) in [5.74, 6) is 0.350. The van der Waals surface area contributed by atoms with Crippen molar-refractivity contribution in [2.24, 2.45) is 5.73 Å². The Hall–Kier alpha value is -3.40. The maximum absolute atomic E-state index is 11.7. The van der Waals surface area contributed by atoms with Crippen LogP contribution in [0.2, 0.25) is 0 Å². The molecule has 10 nitrogen and oxygen atoms in total. The summed E-state index contributed by atoms with van der Waals surface area (Å²) in [6, 6.07) is 4.97. The first-order valence-corrected chi connectivity index (χ1v) is 9.37. The van der Waals surface area contributed by atoms with E-state index in [9.17, 15) is 9.59 Å². The molecule has 4 rings (SSSR count). The van der Waals surface area contributed by atoms with Crippen LogP contribution in [0.1, 0.15) is 36.0 Å². The van der Waals surface area contributed by atoms with Gasteiger partial charge in [0.05, 0.1) is 12.3 Å². The number of aromatic amines is 1. The molecule has 0 radical (unpaired) electrons. The number of ether oxygens (including phenoxy) is 1. The molecule has 0 unspecified atom stereocenters. The Kier molecular flexibility index (Phi) is 6.45. The fourth-order valence-electron chi connectivity index (χ4n) is 3.16. The predicted molar refractivity (Wildman–Crippen MR) is 111 cm³/mol. The van der Waals surface area contributed by atoms with Crippen molar-refractivity contribution in [3.63, 3.8) is 0 Å². The van der Waals surface area contributed by atoms with Gasteiger partial charge in [-0.1, -0.05) is 12.8 Å². The van der Waals surface area contributed by atoms with Gasteiger partial charge in [-0.25, -0.2) is 4.98 Å². The number of carbonyl (C=O) groups is 1. The van der Waals surface area contributed by atoms with Gasteiger partial charge in [-0.05, 0) is 25.0 Å². The lowest BCUT2D eigenvalue weighted by atomic mass is 10.3. The molecule has 5 N–H and O–H groups in total. The van der Waals surface area contributed by atoms with Crippen LogP contribution in [0.25, 0.3) is 5.65 Å². The van der Waals surface area contributed by atoms with Gasteiger partial charge in [0.25, 0.3) is 11.5 Å². The minimum absolute atomic E-state index is 0.196. The lowest BCUT2D eigenvalue weighted by Crippen LogP contribution is -2.13. The fourth-order valence-corrected chi connectivity index (χ4v) is 3.16. The summed E-state index contributed by atoms with van der Waals surface area (Å²) in [6.45, 7) is 0. The van der Waals surface area contributed by atoms with E-state index in [-0.39, 0.29) is 11.1 Å². The zero-order valence-electron chi connectivity index (χ0n) is 16.4. The van der Waals surface area contributed by atoms with Gasteiger partial charge < -0.3 is 26.1 Å². The average molecular weight is 399 g/mol. The number of nitrogens with two attached hydrogens (primary N) is 1. The van der Waals surface area contributed by atoms with Crippen LogP contribution < -0.4 is 21.9 Å². The second-order valence-corrected chi connectivity index (χ2v) is 6.61. The summed E-state index contributed by atoms with van der Waals surface area (Å²) in [5.41, 5.74) is 5.87. The molecule has 0 aliphatic heterocycles. The molecular weight excluding hydrogens is 374 g/mol. The van der Waals surface area contributed by atoms with Gasteiger partial charge in [0, 0.05) is 26.4 Å². The summed E-state index contributed by atoms with van der Waals surface area (Å²) in [7, 11) is 3.51. The molecule has 1 fully saturated rings. The summed E-state index contributed by atoms with van der Waals surface area (Å²) in [4.78, 5) is 30.0. The number of rotatable bonds is 5. The molecule has 0 saturated heterocycles. The number of nitrogens with one attached hydrogen (secondary N) is 3. The lowest BCUT2D eigenvalue weighted by Gasteiger charge is -2.09. The van der Waals surface area contributed by atoms with Crippen LogP contribution in [0.3, 0.4) is 0 Å². The number of pyridine rings is 1. The van der Waals surface area contributed by atoms with Crippen molar-refractivity contribution < 1.29 is 9.53 Å². The van der Waals surface area contributed by atoms with Crippen LogP contribution in [0.15, 0.2) is 35.4 Å². The van der Waals surface area contributed by atoms with Crippen molar-refractivity contribution in [1.29, 1.82) is 0 Å². The van der Waals surface area contributed by atoms with Gasteiger partial charge in [-0.3, -0.25) is 9.59 Å². The minimum Gasteiger partial charge on any atom is -0.381 e. The van der Waals surface area contributed by atoms with Gasteiger partial charge in [0.2, 0.25) is 0 Å². The van der Waals surface area contributed by atoms with Crippen molar-refractivity contribution in [1.82, 2.24) is 19.6 Å². The number of primary amides is 1. The van der Waals surface area contributed by atoms with Gasteiger partial charge in [-0.15, -0.1) is 0 Å². The Bertz CT molecular complexity index is 1040. The average Bonchev–Trinajstić information content (AvgIpc) is 3.39. The number of amides is 1. The normalized spacial score (nSPS) is 13.7. The Morgan fingerprint density at radius 2 is 2.14 bits per heavy atom. The third kappa shape index (κ3) is 4.72. The van der Waals surface area contributed by atoms with E-state index in [1.54, 1.807) is 32.4 Å². The zero-order valence-corrected chi connectivity index (χ0v) is 16.4. The highest BCUT2D eigenvalue weighted by Gasteiger charge is 2.15. The van der Waals surface area contributed by atoms with Crippen LogP contribution in [-0.2, 0) is 4.74 Å². The Balaban J connectivity index is 0.000000290. The van der Waals surface area contributed by atoms with Crippen molar-refractivity contribution >= 4 is 28.9 Å². The molecule has 3 aromatic rings. The molecule has 154 valence electrons. The molecule has 0 spiro atoms. The van der Waals surface area contributed by atoms with E-state index in [4.69, 9.17) is 10.5 Å². The maximum atomic E-state index is 11.7. The number of methoxy groups -OCH3 is 1. The van der Waals surface area contributed by atoms with Crippen molar-refractivity contribution in [2.75, 3.05) is 24.8 Å². The molecular formula is C19H25N7O3. The topological polar surface area (TPSA) is 139 Å². The number of H-pyrrole nitrogens is 1. The summed E-state index contributed by atoms with van der Waals surface area (Å²) in [5, 5.41) is 9.92. The summed E-state index contributed by atoms with van der Waals surface area (Å²) < 4.78 is 6.57. The molecule has 1 amide bonds. The molecule has 0 atom stereocenters. The number of anilines is 3. The van der Waals surface area contributed by atoms with Crippen LogP contribution in [0.4, 0.5) is 17.3 Å². The molecule has 0 bridgehead atoms. The van der Waals surface area contributed by atoms with Gasteiger partial charge in [-0.2, -0.15) is 9.61 Å². The molecule has 1 aliphatic rings. The lowest BCUT2D eigenvalue weighted by molar-refractivity contribution is 0.100. The smallest absolute Gasteiger partial charge is 0.271 e. The number of aromatic nitrogens is 4. The van der Waals surface area contributed by atoms with E-state index in [1.807, 2.05) is 0 Å². The third-order valence-electron chi connectivity index (χ3n) is 4.71. The van der Waals surface area contributed by atoms with Gasteiger partial charge in [0.15, 0.2) is 5.65 Å². The Labute approximate surface area is 167 Å². The van der Waals surface area contributed by atoms with Gasteiger partial charge >= 0.3 is 0 Å². The van der Waals surface area contributed by atoms with E-state index in [2.05, 4.69) is 25.7 Å². The minimum atomic E-state index is -0.626. The van der Waals surface area contributed by atoms with Crippen molar-refractivity contribution in [3.05, 3.63) is 46.5 Å². The molecule has 1 aliphatic carbocycles. The second kappa shape index (κ2) is 9.20. The van der Waals surface area contributed by atoms with Crippen LogP contribution in [-0.4, -0.2) is 45.8 Å². The Morgan fingerprint density at radius 3 is 2.72 bits per heavy atom. The SMILES string of the molecule is CNc1cc(Nc2ccc[nH]c2=O)nc2c(C(N)=O)cnn12.COC1CCCC1. The number of nitrogens with zero attached hydrogens (tertiary/aromatic N) is 3. The second-order valence-electron chi connectivity index (χ2n) is 6.61. The molecule has 3 aromatic heterocycles. The number of hydrogen-bond acceptors (Lipinski definition) is 7. The van der Waals surface area contributed by atoms with E-state index < -0.39 is 5.91 Å². The Morgan fingerprint density at radius 1 is 1.38 bits per heavy atom. The highest BCUT2D eigenvalue weighted by molar-refractivity contribution is 5.98. The summed E-state index contributed by atoms with van der Waals surface area (Å²) in [6.07, 6.45) is 8.81. The largest absolute Gasteiger partial charge is 0.381 e. The highest BCUT2D eigenvalue weighted by Crippen LogP contribution is 2.20. The van der Waals surface area contributed by atoms with Crippen LogP contribution in [0.5, 0.6) is 0 Å². The fraction of sp³-hybridized carbons (Fsp3) is 0.368.